The molecule has 1 rings (SSSR count). The van der Waals surface area contributed by atoms with Crippen LogP contribution in [-0.4, -0.2) is 14.5 Å². The maximum Gasteiger partial charge on any atom is 0.241 e. The number of benzene rings is 1. The molecule has 1 atom stereocenters. The fourth-order valence-corrected chi connectivity index (χ4v) is 2.90. The van der Waals surface area contributed by atoms with Crippen LogP contribution in [0.2, 0.25) is 0 Å². The lowest BCUT2D eigenvalue weighted by atomic mass is 10.1. The highest BCUT2D eigenvalue weighted by Crippen LogP contribution is 2.13. The SMILES string of the molecule is C=C/C=C/[C@@H](NS(=O)(=O)c1ccc(C)cc1)C(C)C. The van der Waals surface area contributed by atoms with Crippen molar-refractivity contribution in [1.82, 2.24) is 4.72 Å². The molecule has 0 amide bonds. The number of rotatable bonds is 6. The van der Waals surface area contributed by atoms with Gasteiger partial charge in [0.05, 0.1) is 4.90 Å². The van der Waals surface area contributed by atoms with E-state index in [2.05, 4.69) is 11.3 Å². The van der Waals surface area contributed by atoms with Crippen LogP contribution in [0.15, 0.2) is 54.0 Å². The number of allylic oxidation sites excluding steroid dienone is 2. The highest BCUT2D eigenvalue weighted by Gasteiger charge is 2.20. The van der Waals surface area contributed by atoms with Crippen LogP contribution in [0.1, 0.15) is 19.4 Å². The lowest BCUT2D eigenvalue weighted by Gasteiger charge is -2.18. The smallest absolute Gasteiger partial charge is 0.207 e. The molecular weight excluding hydrogens is 258 g/mol. The van der Waals surface area contributed by atoms with Gasteiger partial charge in [0.15, 0.2) is 0 Å². The number of sulfonamides is 1. The van der Waals surface area contributed by atoms with Crippen molar-refractivity contribution in [3.8, 4) is 0 Å². The molecule has 0 aromatic heterocycles. The number of hydrogen-bond acceptors (Lipinski definition) is 2. The van der Waals surface area contributed by atoms with Gasteiger partial charge in [0.25, 0.3) is 0 Å². The van der Waals surface area contributed by atoms with Crippen LogP contribution in [0.3, 0.4) is 0 Å². The van der Waals surface area contributed by atoms with E-state index in [9.17, 15) is 8.42 Å². The summed E-state index contributed by atoms with van der Waals surface area (Å²) in [4.78, 5) is 0.288. The van der Waals surface area contributed by atoms with Gasteiger partial charge in [0, 0.05) is 6.04 Å². The molecule has 0 unspecified atom stereocenters. The Labute approximate surface area is 116 Å². The average Bonchev–Trinajstić information content (AvgIpc) is 2.34. The van der Waals surface area contributed by atoms with Crippen LogP contribution >= 0.6 is 0 Å². The van der Waals surface area contributed by atoms with Gasteiger partial charge < -0.3 is 0 Å². The molecule has 0 radical (unpaired) electrons. The molecule has 0 aliphatic rings. The van der Waals surface area contributed by atoms with Crippen LogP contribution in [0.5, 0.6) is 0 Å². The Kier molecular flexibility index (Phi) is 5.51. The zero-order valence-electron chi connectivity index (χ0n) is 11.6. The van der Waals surface area contributed by atoms with E-state index in [0.717, 1.165) is 5.56 Å². The van der Waals surface area contributed by atoms with Gasteiger partial charge in [-0.25, -0.2) is 13.1 Å². The Morgan fingerprint density at radius 3 is 2.26 bits per heavy atom. The molecule has 0 saturated carbocycles. The van der Waals surface area contributed by atoms with Crippen molar-refractivity contribution in [2.24, 2.45) is 5.92 Å². The summed E-state index contributed by atoms with van der Waals surface area (Å²) in [6, 6.07) is 6.57. The van der Waals surface area contributed by atoms with E-state index in [-0.39, 0.29) is 16.9 Å². The number of nitrogens with one attached hydrogen (secondary N) is 1. The molecule has 0 saturated heterocycles. The molecule has 104 valence electrons. The third kappa shape index (κ3) is 4.65. The first-order valence-electron chi connectivity index (χ1n) is 6.25. The average molecular weight is 279 g/mol. The first-order valence-corrected chi connectivity index (χ1v) is 7.73. The minimum atomic E-state index is -3.49. The van der Waals surface area contributed by atoms with Crippen molar-refractivity contribution in [2.75, 3.05) is 0 Å². The minimum Gasteiger partial charge on any atom is -0.207 e. The lowest BCUT2D eigenvalue weighted by Crippen LogP contribution is -2.37. The molecule has 0 bridgehead atoms. The van der Waals surface area contributed by atoms with E-state index in [1.165, 1.54) is 0 Å². The summed E-state index contributed by atoms with van der Waals surface area (Å²) < 4.78 is 27.2. The molecular formula is C15H21NO2S. The third-order valence-corrected chi connectivity index (χ3v) is 4.27. The second-order valence-corrected chi connectivity index (χ2v) is 6.54. The van der Waals surface area contributed by atoms with Crippen molar-refractivity contribution >= 4 is 10.0 Å². The number of aryl methyl sites for hydroxylation is 1. The highest BCUT2D eigenvalue weighted by molar-refractivity contribution is 7.89. The quantitative estimate of drug-likeness (QED) is 0.814. The van der Waals surface area contributed by atoms with Gasteiger partial charge >= 0.3 is 0 Å². The summed E-state index contributed by atoms with van der Waals surface area (Å²) in [5, 5.41) is 0. The molecule has 0 heterocycles. The summed E-state index contributed by atoms with van der Waals surface area (Å²) >= 11 is 0. The minimum absolute atomic E-state index is 0.163. The van der Waals surface area contributed by atoms with Crippen LogP contribution in [-0.2, 0) is 10.0 Å². The van der Waals surface area contributed by atoms with Gasteiger partial charge in [-0.2, -0.15) is 0 Å². The van der Waals surface area contributed by atoms with Crippen molar-refractivity contribution in [1.29, 1.82) is 0 Å². The summed E-state index contributed by atoms with van der Waals surface area (Å²) in [5.41, 5.74) is 1.03. The van der Waals surface area contributed by atoms with Gasteiger partial charge in [-0.1, -0.05) is 56.4 Å². The monoisotopic (exact) mass is 279 g/mol. The third-order valence-electron chi connectivity index (χ3n) is 2.80. The van der Waals surface area contributed by atoms with Gasteiger partial charge in [0.1, 0.15) is 0 Å². The second kappa shape index (κ2) is 6.68. The van der Waals surface area contributed by atoms with Gasteiger partial charge in [-0.15, -0.1) is 0 Å². The first kappa shape index (κ1) is 15.7. The lowest BCUT2D eigenvalue weighted by molar-refractivity contribution is 0.509. The van der Waals surface area contributed by atoms with Crippen LogP contribution in [0, 0.1) is 12.8 Å². The summed E-state index contributed by atoms with van der Waals surface area (Å²) in [5.74, 6) is 0.163. The zero-order valence-corrected chi connectivity index (χ0v) is 12.4. The molecule has 1 aromatic rings. The zero-order chi connectivity index (χ0) is 14.5. The fourth-order valence-electron chi connectivity index (χ4n) is 1.56. The Bertz CT molecular complexity index is 542. The second-order valence-electron chi connectivity index (χ2n) is 4.82. The summed E-state index contributed by atoms with van der Waals surface area (Å²) in [6.07, 6.45) is 5.20. The van der Waals surface area contributed by atoms with Gasteiger partial charge in [-0.3, -0.25) is 0 Å². The van der Waals surface area contributed by atoms with Crippen molar-refractivity contribution < 1.29 is 8.42 Å². The van der Waals surface area contributed by atoms with Crippen molar-refractivity contribution in [3.05, 3.63) is 54.6 Å². The van der Waals surface area contributed by atoms with E-state index in [4.69, 9.17) is 0 Å². The van der Waals surface area contributed by atoms with Crippen LogP contribution in [0.4, 0.5) is 0 Å². The molecule has 1 aromatic carbocycles. The van der Waals surface area contributed by atoms with Crippen LogP contribution < -0.4 is 4.72 Å². The highest BCUT2D eigenvalue weighted by atomic mass is 32.2. The van der Waals surface area contributed by atoms with E-state index in [1.807, 2.05) is 26.8 Å². The van der Waals surface area contributed by atoms with E-state index < -0.39 is 10.0 Å². The Morgan fingerprint density at radius 1 is 1.21 bits per heavy atom. The largest absolute Gasteiger partial charge is 0.241 e. The maximum atomic E-state index is 12.3. The van der Waals surface area contributed by atoms with E-state index >= 15 is 0 Å². The Morgan fingerprint density at radius 2 is 1.79 bits per heavy atom. The molecule has 0 fully saturated rings. The molecule has 0 spiro atoms. The molecule has 3 nitrogen and oxygen atoms in total. The maximum absolute atomic E-state index is 12.3. The number of hydrogen-bond donors (Lipinski definition) is 1. The Balaban J connectivity index is 2.97. The standard InChI is InChI=1S/C15H21NO2S/c1-5-6-7-15(12(2)3)16-19(17,18)14-10-8-13(4)9-11-14/h5-12,15-16H,1H2,2-4H3/b7-6+/t15-/m1/s1. The van der Waals surface area contributed by atoms with E-state index in [1.54, 1.807) is 36.4 Å². The van der Waals surface area contributed by atoms with Crippen LogP contribution in [0.25, 0.3) is 0 Å². The summed E-state index contributed by atoms with van der Waals surface area (Å²) in [6.45, 7) is 9.45. The predicted octanol–water partition coefficient (Wildman–Crippen LogP) is 3.04. The van der Waals surface area contributed by atoms with E-state index in [0.29, 0.717) is 0 Å². The van der Waals surface area contributed by atoms with Gasteiger partial charge in [-0.05, 0) is 25.0 Å². The van der Waals surface area contributed by atoms with Crippen molar-refractivity contribution in [2.45, 2.75) is 31.7 Å². The first-order chi connectivity index (χ1) is 8.86. The molecule has 4 heteroatoms. The molecule has 19 heavy (non-hydrogen) atoms. The molecule has 0 aliphatic carbocycles. The summed E-state index contributed by atoms with van der Waals surface area (Å²) in [7, 11) is -3.49. The topological polar surface area (TPSA) is 46.2 Å². The predicted molar refractivity (Wildman–Crippen MR) is 79.5 cm³/mol. The molecule has 1 N–H and O–H groups in total. The normalized spacial score (nSPS) is 13.9. The van der Waals surface area contributed by atoms with Crippen molar-refractivity contribution in [3.63, 3.8) is 0 Å². The molecule has 0 aliphatic heterocycles. The Hall–Kier alpha value is -1.39. The van der Waals surface area contributed by atoms with Gasteiger partial charge in [0.2, 0.25) is 10.0 Å². The fraction of sp³-hybridized carbons (Fsp3) is 0.333.